The summed E-state index contributed by atoms with van der Waals surface area (Å²) in [5, 5.41) is 0. The first-order valence-electron chi connectivity index (χ1n) is 10.3. The van der Waals surface area contributed by atoms with E-state index in [4.69, 9.17) is 7.85 Å². The number of benzene rings is 1. The first kappa shape index (κ1) is 19.7. The zero-order chi connectivity index (χ0) is 19.2. The summed E-state index contributed by atoms with van der Waals surface area (Å²) in [4.78, 5) is 0. The van der Waals surface area contributed by atoms with Crippen LogP contribution in [0.3, 0.4) is 0 Å². The number of rotatable bonds is 3. The van der Waals surface area contributed by atoms with Crippen molar-refractivity contribution in [1.82, 2.24) is 0 Å². The predicted molar refractivity (Wildman–Crippen MR) is 120 cm³/mol. The quantitative estimate of drug-likeness (QED) is 0.413. The van der Waals surface area contributed by atoms with E-state index in [1.807, 2.05) is 6.08 Å². The standard InChI is InChI=1S/C26H31B/c1-4-22-17-19(2)9-5-6-10-20(3)26(22)25-15-13-23-18-21(11-7-8-16-27)12-14-24(23)25/h4-10,12,14,18-20H,11,13,15-17H2,1-3H3/b8-7-,9-5-,10-6-,22-4-,26-25?. The highest BCUT2D eigenvalue weighted by molar-refractivity contribution is 6.09. The molecule has 1 aromatic rings. The molecule has 1 aromatic carbocycles. The monoisotopic (exact) mass is 354 g/mol. The summed E-state index contributed by atoms with van der Waals surface area (Å²) < 4.78 is 0. The maximum Gasteiger partial charge on any atom is 0.0708 e. The molecule has 0 aromatic heterocycles. The Morgan fingerprint density at radius 2 is 1.89 bits per heavy atom. The Kier molecular flexibility index (Phi) is 6.77. The average molecular weight is 354 g/mol. The van der Waals surface area contributed by atoms with E-state index in [1.54, 1.807) is 11.1 Å². The van der Waals surface area contributed by atoms with Crippen LogP contribution in [-0.4, -0.2) is 7.85 Å². The molecule has 0 heterocycles. The molecule has 0 nitrogen and oxygen atoms in total. The highest BCUT2D eigenvalue weighted by Crippen LogP contribution is 2.41. The lowest BCUT2D eigenvalue weighted by molar-refractivity contribution is 0.705. The summed E-state index contributed by atoms with van der Waals surface area (Å²) in [6.07, 6.45) is 20.7. The van der Waals surface area contributed by atoms with Gasteiger partial charge in [-0.25, -0.2) is 0 Å². The normalized spacial score (nSPS) is 29.4. The third-order valence-corrected chi connectivity index (χ3v) is 5.76. The van der Waals surface area contributed by atoms with Crippen molar-refractivity contribution in [3.63, 3.8) is 0 Å². The number of hydrogen-bond donors (Lipinski definition) is 0. The molecule has 0 fully saturated rings. The smallest absolute Gasteiger partial charge is 0.0708 e. The minimum absolute atomic E-state index is 0.444. The van der Waals surface area contributed by atoms with E-state index >= 15 is 0 Å². The van der Waals surface area contributed by atoms with Crippen LogP contribution in [0.25, 0.3) is 5.57 Å². The summed E-state index contributed by atoms with van der Waals surface area (Å²) in [5.74, 6) is 1.01. The molecule has 2 radical (unpaired) electrons. The lowest BCUT2D eigenvalue weighted by Crippen LogP contribution is -2.05. The molecule has 0 saturated carbocycles. The summed E-state index contributed by atoms with van der Waals surface area (Å²) in [6.45, 7) is 6.86. The minimum atomic E-state index is 0.444. The van der Waals surface area contributed by atoms with E-state index in [1.165, 1.54) is 22.3 Å². The van der Waals surface area contributed by atoms with Gasteiger partial charge >= 0.3 is 0 Å². The SMILES string of the molecule is [B]C/C=C\Cc1ccc2c(c1)CCC2=C1/C(=C\C)CC(C)/C=C\C=C/C1C. The van der Waals surface area contributed by atoms with Gasteiger partial charge in [0.1, 0.15) is 0 Å². The molecule has 2 aliphatic carbocycles. The maximum absolute atomic E-state index is 5.56. The first-order valence-corrected chi connectivity index (χ1v) is 10.3. The molecule has 2 aliphatic rings. The van der Waals surface area contributed by atoms with Gasteiger partial charge in [-0.05, 0) is 77.9 Å². The van der Waals surface area contributed by atoms with Crippen molar-refractivity contribution in [2.45, 2.75) is 52.8 Å². The molecule has 27 heavy (non-hydrogen) atoms. The Morgan fingerprint density at radius 3 is 2.67 bits per heavy atom. The van der Waals surface area contributed by atoms with E-state index in [0.717, 1.165) is 25.7 Å². The van der Waals surface area contributed by atoms with Crippen LogP contribution in [0.5, 0.6) is 0 Å². The third kappa shape index (κ3) is 4.64. The van der Waals surface area contributed by atoms with Crippen LogP contribution in [0.1, 0.15) is 50.3 Å². The molecule has 0 saturated heterocycles. The maximum atomic E-state index is 5.56. The lowest BCUT2D eigenvalue weighted by atomic mass is 9.83. The van der Waals surface area contributed by atoms with Crippen LogP contribution >= 0.6 is 0 Å². The topological polar surface area (TPSA) is 0 Å². The molecule has 0 bridgehead atoms. The number of fused-ring (bicyclic) bond motifs is 1. The van der Waals surface area contributed by atoms with Gasteiger partial charge in [0, 0.05) is 0 Å². The van der Waals surface area contributed by atoms with Crippen molar-refractivity contribution in [3.05, 3.63) is 88.6 Å². The van der Waals surface area contributed by atoms with Crippen molar-refractivity contribution in [2.75, 3.05) is 0 Å². The Bertz CT molecular complexity index is 817. The molecular formula is C26H31B. The fourth-order valence-corrected chi connectivity index (χ4v) is 4.41. The molecule has 0 spiro atoms. The van der Waals surface area contributed by atoms with Gasteiger partial charge < -0.3 is 0 Å². The summed E-state index contributed by atoms with van der Waals surface area (Å²) in [6, 6.07) is 7.05. The second-order valence-corrected chi connectivity index (χ2v) is 7.85. The molecule has 0 amide bonds. The summed E-state index contributed by atoms with van der Waals surface area (Å²) >= 11 is 0. The Balaban J connectivity index is 2.01. The van der Waals surface area contributed by atoms with Crippen molar-refractivity contribution < 1.29 is 0 Å². The van der Waals surface area contributed by atoms with E-state index in [9.17, 15) is 0 Å². The van der Waals surface area contributed by atoms with Gasteiger partial charge in [-0.3, -0.25) is 0 Å². The summed E-state index contributed by atoms with van der Waals surface area (Å²) in [5.41, 5.74) is 9.00. The van der Waals surface area contributed by atoms with Gasteiger partial charge in [-0.1, -0.05) is 80.9 Å². The highest BCUT2D eigenvalue weighted by Gasteiger charge is 2.24. The summed E-state index contributed by atoms with van der Waals surface area (Å²) in [7, 11) is 5.56. The van der Waals surface area contributed by atoms with Crippen LogP contribution in [-0.2, 0) is 12.8 Å². The molecular weight excluding hydrogens is 323 g/mol. The molecule has 0 N–H and O–H groups in total. The fraction of sp³-hybridized carbons (Fsp3) is 0.385. The largest absolute Gasteiger partial charge is 0.0968 e. The zero-order valence-corrected chi connectivity index (χ0v) is 17.0. The van der Waals surface area contributed by atoms with Crippen molar-refractivity contribution >= 4 is 13.4 Å². The molecule has 0 aliphatic heterocycles. The molecule has 2 atom stereocenters. The molecule has 2 unspecified atom stereocenters. The van der Waals surface area contributed by atoms with Crippen LogP contribution in [0.2, 0.25) is 6.32 Å². The van der Waals surface area contributed by atoms with Gasteiger partial charge in [0.15, 0.2) is 0 Å². The third-order valence-electron chi connectivity index (χ3n) is 5.76. The number of allylic oxidation sites excluding steroid dienone is 10. The lowest BCUT2D eigenvalue weighted by Gasteiger charge is -2.21. The van der Waals surface area contributed by atoms with Crippen LogP contribution in [0.4, 0.5) is 0 Å². The Hall–Kier alpha value is -2.02. The van der Waals surface area contributed by atoms with Gasteiger partial charge in [0.25, 0.3) is 0 Å². The zero-order valence-electron chi connectivity index (χ0n) is 17.0. The average Bonchev–Trinajstić information content (AvgIpc) is 3.09. The van der Waals surface area contributed by atoms with Gasteiger partial charge in [-0.15, -0.1) is 0 Å². The van der Waals surface area contributed by atoms with Crippen LogP contribution in [0.15, 0.2) is 71.9 Å². The fourth-order valence-electron chi connectivity index (χ4n) is 4.41. The van der Waals surface area contributed by atoms with E-state index in [0.29, 0.717) is 18.2 Å². The van der Waals surface area contributed by atoms with Crippen molar-refractivity contribution in [1.29, 1.82) is 0 Å². The van der Waals surface area contributed by atoms with E-state index < -0.39 is 0 Å². The highest BCUT2D eigenvalue weighted by atomic mass is 14.3. The molecule has 138 valence electrons. The first-order chi connectivity index (χ1) is 13.1. The predicted octanol–water partition coefficient (Wildman–Crippen LogP) is 6.81. The molecule has 1 heteroatoms. The number of aryl methyl sites for hydroxylation is 1. The second kappa shape index (κ2) is 9.26. The van der Waals surface area contributed by atoms with Crippen molar-refractivity contribution in [2.24, 2.45) is 11.8 Å². The van der Waals surface area contributed by atoms with E-state index in [-0.39, 0.29) is 0 Å². The number of hydrogen-bond acceptors (Lipinski definition) is 0. The van der Waals surface area contributed by atoms with Gasteiger partial charge in [-0.2, -0.15) is 0 Å². The van der Waals surface area contributed by atoms with Crippen molar-refractivity contribution in [3.8, 4) is 0 Å². The second-order valence-electron chi connectivity index (χ2n) is 7.85. The minimum Gasteiger partial charge on any atom is -0.0968 e. The Morgan fingerprint density at radius 1 is 1.07 bits per heavy atom. The van der Waals surface area contributed by atoms with Crippen LogP contribution in [0, 0.1) is 11.8 Å². The van der Waals surface area contributed by atoms with Gasteiger partial charge in [0.05, 0.1) is 7.85 Å². The molecule has 3 rings (SSSR count). The van der Waals surface area contributed by atoms with E-state index in [2.05, 4.69) is 75.4 Å². The Labute approximate surface area is 166 Å². The van der Waals surface area contributed by atoms with Crippen LogP contribution < -0.4 is 0 Å². The van der Waals surface area contributed by atoms with Gasteiger partial charge in [0.2, 0.25) is 0 Å².